The molecular weight excluding hydrogens is 396 g/mol. The van der Waals surface area contributed by atoms with Crippen LogP contribution in [-0.2, 0) is 29.6 Å². The van der Waals surface area contributed by atoms with Crippen molar-refractivity contribution >= 4 is 33.3 Å². The van der Waals surface area contributed by atoms with Crippen molar-refractivity contribution in [3.8, 4) is 11.5 Å². The van der Waals surface area contributed by atoms with Crippen LogP contribution < -0.4 is 10.3 Å². The van der Waals surface area contributed by atoms with E-state index < -0.39 is 5.97 Å². The van der Waals surface area contributed by atoms with Gasteiger partial charge >= 0.3 is 5.97 Å². The van der Waals surface area contributed by atoms with Gasteiger partial charge in [0.05, 0.1) is 12.6 Å². The summed E-state index contributed by atoms with van der Waals surface area (Å²) in [5.41, 5.74) is 1.35. The number of aryl methyl sites for hydroxylation is 2. The van der Waals surface area contributed by atoms with Gasteiger partial charge in [0.1, 0.15) is 4.70 Å². The van der Waals surface area contributed by atoms with Crippen LogP contribution in [0.15, 0.2) is 34.4 Å². The quantitative estimate of drug-likeness (QED) is 0.481. The molecule has 3 aromatic heterocycles. The molecule has 3 heterocycles. The Bertz CT molecular complexity index is 1270. The van der Waals surface area contributed by atoms with E-state index in [4.69, 9.17) is 9.47 Å². The average Bonchev–Trinajstić information content (AvgIpc) is 3.36. The summed E-state index contributed by atoms with van der Waals surface area (Å²) < 4.78 is 14.1. The summed E-state index contributed by atoms with van der Waals surface area (Å²) in [5.74, 6) is 0.835. The van der Waals surface area contributed by atoms with E-state index in [1.54, 1.807) is 29.6 Å². The van der Waals surface area contributed by atoms with Gasteiger partial charge < -0.3 is 14.6 Å². The number of benzene rings is 1. The fourth-order valence-corrected chi connectivity index (χ4v) is 3.95. The lowest BCUT2D eigenvalue weighted by molar-refractivity contribution is -0.145. The minimum atomic E-state index is -0.400. The second-order valence-corrected chi connectivity index (χ2v) is 7.33. The van der Waals surface area contributed by atoms with Crippen LogP contribution in [0.25, 0.3) is 16.0 Å². The number of thiophene rings is 1. The SMILES string of the molecule is COc1ccc(CCC(=O)OCc2nnc3n(C)c(=O)c4sccc4n23)cc1O. The molecule has 4 aromatic rings. The fraction of sp³-hybridized carbons (Fsp3) is 0.263. The van der Waals surface area contributed by atoms with Gasteiger partial charge in [0.25, 0.3) is 5.56 Å². The van der Waals surface area contributed by atoms with E-state index >= 15 is 0 Å². The molecule has 0 aliphatic rings. The van der Waals surface area contributed by atoms with Crippen molar-refractivity contribution in [1.29, 1.82) is 0 Å². The molecule has 0 spiro atoms. The van der Waals surface area contributed by atoms with Gasteiger partial charge in [0.15, 0.2) is 23.9 Å². The van der Waals surface area contributed by atoms with E-state index in [2.05, 4.69) is 10.2 Å². The van der Waals surface area contributed by atoms with Gasteiger partial charge in [-0.2, -0.15) is 0 Å². The van der Waals surface area contributed by atoms with Gasteiger partial charge in [-0.3, -0.25) is 18.6 Å². The van der Waals surface area contributed by atoms with Crippen molar-refractivity contribution in [3.63, 3.8) is 0 Å². The molecule has 4 rings (SSSR count). The number of phenols is 1. The number of hydrogen-bond acceptors (Lipinski definition) is 8. The Morgan fingerprint density at radius 1 is 1.28 bits per heavy atom. The van der Waals surface area contributed by atoms with Crippen molar-refractivity contribution in [3.05, 3.63) is 51.4 Å². The molecule has 0 aliphatic heterocycles. The summed E-state index contributed by atoms with van der Waals surface area (Å²) in [6, 6.07) is 6.81. The van der Waals surface area contributed by atoms with Crippen LogP contribution in [0.2, 0.25) is 0 Å². The highest BCUT2D eigenvalue weighted by Gasteiger charge is 2.17. The smallest absolute Gasteiger partial charge is 0.306 e. The first-order valence-electron chi connectivity index (χ1n) is 8.81. The molecule has 1 aromatic carbocycles. The van der Waals surface area contributed by atoms with Gasteiger partial charge in [0.2, 0.25) is 5.78 Å². The third kappa shape index (κ3) is 3.42. The number of ether oxygens (including phenoxy) is 2. The highest BCUT2D eigenvalue weighted by Crippen LogP contribution is 2.26. The number of aromatic hydroxyl groups is 1. The Hall–Kier alpha value is -3.40. The number of rotatable bonds is 6. The van der Waals surface area contributed by atoms with E-state index in [-0.39, 0.29) is 24.3 Å². The van der Waals surface area contributed by atoms with E-state index in [0.717, 1.165) is 5.56 Å². The van der Waals surface area contributed by atoms with Crippen LogP contribution in [0.1, 0.15) is 17.8 Å². The zero-order valence-electron chi connectivity index (χ0n) is 15.8. The van der Waals surface area contributed by atoms with Crippen molar-refractivity contribution in [1.82, 2.24) is 19.2 Å². The molecule has 0 saturated heterocycles. The van der Waals surface area contributed by atoms with Crippen LogP contribution in [0.4, 0.5) is 0 Å². The van der Waals surface area contributed by atoms with Crippen LogP contribution in [-0.4, -0.2) is 37.4 Å². The lowest BCUT2D eigenvalue weighted by Gasteiger charge is -2.07. The zero-order chi connectivity index (χ0) is 20.5. The number of fused-ring (bicyclic) bond motifs is 3. The predicted octanol–water partition coefficient (Wildman–Crippen LogP) is 2.03. The van der Waals surface area contributed by atoms with Crippen molar-refractivity contribution in [2.45, 2.75) is 19.4 Å². The standard InChI is InChI=1S/C19H18N4O5S/c1-22-18(26)17-12(7-8-29-17)23-15(20-21-19(22)23)10-28-16(25)6-4-11-3-5-14(27-2)13(24)9-11/h3,5,7-9,24H,4,6,10H2,1-2H3. The largest absolute Gasteiger partial charge is 0.504 e. The number of nitrogens with zero attached hydrogens (tertiary/aromatic N) is 4. The third-order valence-electron chi connectivity index (χ3n) is 4.62. The second kappa shape index (κ2) is 7.55. The van der Waals surface area contributed by atoms with E-state index in [1.165, 1.54) is 23.0 Å². The van der Waals surface area contributed by atoms with Gasteiger partial charge in [-0.25, -0.2) is 0 Å². The molecule has 0 bridgehead atoms. The molecule has 0 fully saturated rings. The molecule has 1 N–H and O–H groups in total. The van der Waals surface area contributed by atoms with Crippen LogP contribution in [0.5, 0.6) is 11.5 Å². The molecule has 0 atom stereocenters. The molecule has 0 radical (unpaired) electrons. The van der Waals surface area contributed by atoms with Gasteiger partial charge in [0, 0.05) is 13.5 Å². The first-order chi connectivity index (χ1) is 14.0. The highest BCUT2D eigenvalue weighted by atomic mass is 32.1. The monoisotopic (exact) mass is 414 g/mol. The van der Waals surface area contributed by atoms with Crippen LogP contribution in [0, 0.1) is 0 Å². The van der Waals surface area contributed by atoms with Crippen molar-refractivity contribution in [2.24, 2.45) is 7.05 Å². The Balaban J connectivity index is 1.47. The summed E-state index contributed by atoms with van der Waals surface area (Å²) in [6.45, 7) is -0.0585. The van der Waals surface area contributed by atoms with Gasteiger partial charge in [-0.05, 0) is 35.6 Å². The van der Waals surface area contributed by atoms with E-state index in [1.807, 2.05) is 11.4 Å². The van der Waals surface area contributed by atoms with Gasteiger partial charge in [-0.15, -0.1) is 21.5 Å². The van der Waals surface area contributed by atoms with Crippen molar-refractivity contribution in [2.75, 3.05) is 7.11 Å². The van der Waals surface area contributed by atoms with E-state index in [9.17, 15) is 14.7 Å². The Labute approximate surface area is 168 Å². The molecular formula is C19H18N4O5S. The normalized spacial score (nSPS) is 11.2. The highest BCUT2D eigenvalue weighted by molar-refractivity contribution is 7.17. The summed E-state index contributed by atoms with van der Waals surface area (Å²) in [4.78, 5) is 24.5. The first kappa shape index (κ1) is 18.9. The minimum Gasteiger partial charge on any atom is -0.504 e. The number of aromatic nitrogens is 4. The van der Waals surface area contributed by atoms with Crippen LogP contribution in [0.3, 0.4) is 0 Å². The summed E-state index contributed by atoms with van der Waals surface area (Å²) in [6.07, 6.45) is 0.565. The summed E-state index contributed by atoms with van der Waals surface area (Å²) in [7, 11) is 3.10. The Morgan fingerprint density at radius 2 is 2.10 bits per heavy atom. The molecule has 150 valence electrons. The average molecular weight is 414 g/mol. The number of hydrogen-bond donors (Lipinski definition) is 1. The molecule has 0 unspecified atom stereocenters. The topological polar surface area (TPSA) is 108 Å². The fourth-order valence-electron chi connectivity index (χ4n) is 3.10. The Kier molecular flexibility index (Phi) is 4.93. The maximum atomic E-state index is 12.3. The number of esters is 1. The maximum Gasteiger partial charge on any atom is 0.306 e. The Morgan fingerprint density at radius 3 is 2.86 bits per heavy atom. The van der Waals surface area contributed by atoms with Crippen LogP contribution >= 0.6 is 11.3 Å². The number of carbonyl (C=O) groups is 1. The minimum absolute atomic E-state index is 0.0266. The maximum absolute atomic E-state index is 12.3. The molecule has 9 nitrogen and oxygen atoms in total. The zero-order valence-corrected chi connectivity index (χ0v) is 16.6. The second-order valence-electron chi connectivity index (χ2n) is 6.42. The predicted molar refractivity (Wildman–Crippen MR) is 106 cm³/mol. The summed E-state index contributed by atoms with van der Waals surface area (Å²) >= 11 is 1.34. The molecule has 10 heteroatoms. The summed E-state index contributed by atoms with van der Waals surface area (Å²) in [5, 5.41) is 19.8. The molecule has 0 amide bonds. The third-order valence-corrected chi connectivity index (χ3v) is 5.51. The molecule has 0 saturated carbocycles. The van der Waals surface area contributed by atoms with Crippen molar-refractivity contribution < 1.29 is 19.4 Å². The molecule has 29 heavy (non-hydrogen) atoms. The van der Waals surface area contributed by atoms with Gasteiger partial charge in [-0.1, -0.05) is 6.07 Å². The number of methoxy groups -OCH3 is 1. The van der Waals surface area contributed by atoms with E-state index in [0.29, 0.717) is 34.0 Å². The lowest BCUT2D eigenvalue weighted by atomic mass is 10.1. The number of phenolic OH excluding ortho intramolecular Hbond substituents is 1. The first-order valence-corrected chi connectivity index (χ1v) is 9.69. The lowest BCUT2D eigenvalue weighted by Crippen LogP contribution is -2.19. The molecule has 0 aliphatic carbocycles. The number of carbonyl (C=O) groups excluding carboxylic acids is 1.